The molecule has 1 aromatic carbocycles. The van der Waals surface area contributed by atoms with Crippen LogP contribution in [0.3, 0.4) is 0 Å². The summed E-state index contributed by atoms with van der Waals surface area (Å²) in [5.74, 6) is 0. The largest absolute Gasteiger partial charge is 0.281 e. The van der Waals surface area contributed by atoms with Crippen molar-refractivity contribution in [3.63, 3.8) is 0 Å². The molecule has 1 nitrogen and oxygen atoms in total. The Morgan fingerprint density at radius 1 is 1.31 bits per heavy atom. The number of halogens is 1. The Bertz CT molecular complexity index is 471. The highest BCUT2D eigenvalue weighted by Crippen LogP contribution is 2.33. The van der Waals surface area contributed by atoms with Crippen molar-refractivity contribution in [2.24, 2.45) is 0 Å². The van der Waals surface area contributed by atoms with Crippen molar-refractivity contribution in [2.75, 3.05) is 0 Å². The van der Waals surface area contributed by atoms with Crippen LogP contribution in [0.15, 0.2) is 40.8 Å². The van der Waals surface area contributed by atoms with Crippen LogP contribution in [0.1, 0.15) is 18.9 Å². The maximum atomic E-state index is 11.6. The number of thioether (sulfide) groups is 1. The first-order chi connectivity index (χ1) is 7.69. The van der Waals surface area contributed by atoms with E-state index in [1.54, 1.807) is 0 Å². The fourth-order valence-electron chi connectivity index (χ4n) is 1.45. The zero-order valence-electron chi connectivity index (χ0n) is 8.87. The van der Waals surface area contributed by atoms with Gasteiger partial charge in [0.1, 0.15) is 0 Å². The van der Waals surface area contributed by atoms with Crippen LogP contribution in [-0.4, -0.2) is 5.12 Å². The van der Waals surface area contributed by atoms with Gasteiger partial charge in [0.15, 0.2) is 0 Å². The lowest BCUT2D eigenvalue weighted by atomic mass is 10.1. The molecule has 16 heavy (non-hydrogen) atoms. The van der Waals surface area contributed by atoms with Crippen molar-refractivity contribution in [2.45, 2.75) is 13.3 Å². The summed E-state index contributed by atoms with van der Waals surface area (Å²) in [4.78, 5) is 12.8. The predicted molar refractivity (Wildman–Crippen MR) is 70.4 cm³/mol. The lowest BCUT2D eigenvalue weighted by Gasteiger charge is -1.95. The summed E-state index contributed by atoms with van der Waals surface area (Å²) in [6.45, 7) is 2.05. The molecule has 1 aliphatic heterocycles. The first kappa shape index (κ1) is 11.5. The lowest BCUT2D eigenvalue weighted by molar-refractivity contribution is -0.107. The van der Waals surface area contributed by atoms with Gasteiger partial charge in [-0.2, -0.15) is 0 Å². The zero-order valence-corrected chi connectivity index (χ0v) is 10.4. The Morgan fingerprint density at radius 2 is 2.00 bits per heavy atom. The second-order valence-corrected chi connectivity index (χ2v) is 5.04. The Balaban J connectivity index is 2.28. The van der Waals surface area contributed by atoms with Gasteiger partial charge in [0.05, 0.1) is 0 Å². The van der Waals surface area contributed by atoms with Gasteiger partial charge in [-0.15, -0.1) is 0 Å². The summed E-state index contributed by atoms with van der Waals surface area (Å²) in [6.07, 6.45) is 4.77. The number of carbonyl (C=O) groups excluding carboxylic acids is 1. The number of allylic oxidation sites excluding steroid dienone is 2. The molecular formula is C13H11ClOS. The highest BCUT2D eigenvalue weighted by molar-refractivity contribution is 8.17. The van der Waals surface area contributed by atoms with Gasteiger partial charge < -0.3 is 0 Å². The first-order valence-electron chi connectivity index (χ1n) is 5.09. The second kappa shape index (κ2) is 4.89. The van der Waals surface area contributed by atoms with Crippen LogP contribution < -0.4 is 0 Å². The monoisotopic (exact) mass is 250 g/mol. The van der Waals surface area contributed by atoms with Crippen molar-refractivity contribution < 1.29 is 4.79 Å². The van der Waals surface area contributed by atoms with Gasteiger partial charge in [-0.1, -0.05) is 42.4 Å². The summed E-state index contributed by atoms with van der Waals surface area (Å²) in [5.41, 5.74) is 1.77. The van der Waals surface area contributed by atoms with Crippen LogP contribution in [-0.2, 0) is 4.79 Å². The van der Waals surface area contributed by atoms with Gasteiger partial charge in [-0.05, 0) is 41.2 Å². The van der Waals surface area contributed by atoms with Crippen molar-refractivity contribution in [1.82, 2.24) is 0 Å². The van der Waals surface area contributed by atoms with Crippen LogP contribution in [0.2, 0.25) is 5.02 Å². The van der Waals surface area contributed by atoms with Crippen LogP contribution in [0, 0.1) is 0 Å². The van der Waals surface area contributed by atoms with Crippen molar-refractivity contribution in [3.8, 4) is 0 Å². The van der Waals surface area contributed by atoms with Gasteiger partial charge in [0.25, 0.3) is 0 Å². The molecular weight excluding hydrogens is 240 g/mol. The molecule has 1 aromatic rings. The molecule has 0 spiro atoms. The van der Waals surface area contributed by atoms with Gasteiger partial charge in [-0.3, -0.25) is 4.79 Å². The van der Waals surface area contributed by atoms with E-state index in [1.807, 2.05) is 36.4 Å². The summed E-state index contributed by atoms with van der Waals surface area (Å²) in [5, 5.41) is 0.839. The summed E-state index contributed by atoms with van der Waals surface area (Å²) in [7, 11) is 0. The third-order valence-corrected chi connectivity index (χ3v) is 3.66. The van der Waals surface area contributed by atoms with E-state index in [2.05, 4.69) is 6.92 Å². The first-order valence-corrected chi connectivity index (χ1v) is 6.28. The van der Waals surface area contributed by atoms with E-state index in [9.17, 15) is 4.79 Å². The highest BCUT2D eigenvalue weighted by Gasteiger charge is 2.18. The van der Waals surface area contributed by atoms with E-state index in [-0.39, 0.29) is 5.12 Å². The molecule has 0 bridgehead atoms. The molecule has 0 saturated carbocycles. The minimum atomic E-state index is 0.131. The second-order valence-electron chi connectivity index (χ2n) is 3.50. The third kappa shape index (κ3) is 2.57. The minimum absolute atomic E-state index is 0.131. The maximum Gasteiger partial charge on any atom is 0.223 e. The van der Waals surface area contributed by atoms with Gasteiger partial charge in [-0.25, -0.2) is 0 Å². The lowest BCUT2D eigenvalue weighted by Crippen LogP contribution is -1.87. The summed E-state index contributed by atoms with van der Waals surface area (Å²) in [6, 6.07) is 7.46. The fourth-order valence-corrected chi connectivity index (χ4v) is 2.38. The highest BCUT2D eigenvalue weighted by atomic mass is 35.5. The van der Waals surface area contributed by atoms with Crippen LogP contribution in [0.5, 0.6) is 0 Å². The zero-order chi connectivity index (χ0) is 11.5. The number of rotatable bonds is 2. The number of hydrogen-bond acceptors (Lipinski definition) is 2. The third-order valence-electron chi connectivity index (χ3n) is 2.32. The molecule has 0 radical (unpaired) electrons. The van der Waals surface area contributed by atoms with E-state index in [4.69, 9.17) is 11.6 Å². The molecule has 0 saturated heterocycles. The predicted octanol–water partition coefficient (Wildman–Crippen LogP) is 4.29. The topological polar surface area (TPSA) is 17.1 Å². The molecule has 1 heterocycles. The average Bonchev–Trinajstić information content (AvgIpc) is 2.63. The maximum absolute atomic E-state index is 11.6. The van der Waals surface area contributed by atoms with Gasteiger partial charge in [0, 0.05) is 10.6 Å². The quantitative estimate of drug-likeness (QED) is 0.729. The number of carbonyl (C=O) groups is 1. The Kier molecular flexibility index (Phi) is 3.52. The van der Waals surface area contributed by atoms with Crippen molar-refractivity contribution in [1.29, 1.82) is 0 Å². The molecule has 0 amide bonds. The normalized spacial score (nSPS) is 18.0. The van der Waals surface area contributed by atoms with Crippen molar-refractivity contribution in [3.05, 3.63) is 51.4 Å². The van der Waals surface area contributed by atoms with Crippen LogP contribution >= 0.6 is 23.4 Å². The molecule has 3 heteroatoms. The molecule has 0 fully saturated rings. The van der Waals surface area contributed by atoms with Gasteiger partial charge in [0.2, 0.25) is 5.12 Å². The molecule has 1 aliphatic rings. The van der Waals surface area contributed by atoms with Crippen LogP contribution in [0.4, 0.5) is 0 Å². The SMILES string of the molecule is CCC1=C/C(=C/c2ccc(Cl)cc2)C(=O)S1. The van der Waals surface area contributed by atoms with Gasteiger partial charge >= 0.3 is 0 Å². The van der Waals surface area contributed by atoms with Crippen molar-refractivity contribution >= 4 is 34.6 Å². The molecule has 0 N–H and O–H groups in total. The average molecular weight is 251 g/mol. The Labute approximate surface area is 104 Å². The fraction of sp³-hybridized carbons (Fsp3) is 0.154. The summed E-state index contributed by atoms with van der Waals surface area (Å²) >= 11 is 7.12. The van der Waals surface area contributed by atoms with E-state index in [0.717, 1.165) is 22.5 Å². The molecule has 0 aromatic heterocycles. The molecule has 0 aliphatic carbocycles. The Morgan fingerprint density at radius 3 is 2.56 bits per heavy atom. The van der Waals surface area contributed by atoms with E-state index in [0.29, 0.717) is 5.02 Å². The molecule has 0 atom stereocenters. The molecule has 0 unspecified atom stereocenters. The smallest absolute Gasteiger partial charge is 0.223 e. The summed E-state index contributed by atoms with van der Waals surface area (Å²) < 4.78 is 0. The standard InChI is InChI=1S/C13H11ClOS/c1-2-12-8-10(13(15)16-12)7-9-3-5-11(14)6-4-9/h3-8H,2H2,1H3/b10-7-. The van der Waals surface area contributed by atoms with E-state index >= 15 is 0 Å². The number of hydrogen-bond donors (Lipinski definition) is 0. The number of benzene rings is 1. The van der Waals surface area contributed by atoms with Crippen LogP contribution in [0.25, 0.3) is 6.08 Å². The minimum Gasteiger partial charge on any atom is -0.281 e. The Hall–Kier alpha value is -0.990. The van der Waals surface area contributed by atoms with E-state index in [1.165, 1.54) is 11.8 Å². The molecule has 82 valence electrons. The van der Waals surface area contributed by atoms with E-state index < -0.39 is 0 Å². The molecule has 2 rings (SSSR count).